The monoisotopic (exact) mass is 333 g/mol. The second kappa shape index (κ2) is 5.28. The maximum atomic E-state index is 12.5. The van der Waals surface area contributed by atoms with E-state index in [1.54, 1.807) is 18.2 Å². The van der Waals surface area contributed by atoms with Crippen LogP contribution in [0.1, 0.15) is 13.8 Å². The predicted molar refractivity (Wildman–Crippen MR) is 72.9 cm³/mol. The normalized spacial score (nSPS) is 26.2. The summed E-state index contributed by atoms with van der Waals surface area (Å²) in [7, 11) is -3.44. The van der Waals surface area contributed by atoms with E-state index < -0.39 is 10.0 Å². The average molecular weight is 334 g/mol. The topological polar surface area (TPSA) is 46.6 Å². The van der Waals surface area contributed by atoms with E-state index in [9.17, 15) is 8.42 Å². The SMILES string of the molecule is CC1CN(S(=O)(=O)c2cccc(Br)c2)C(C)CO1. The molecular formula is C12H16BrNO3S. The Bertz CT molecular complexity index is 532. The zero-order chi connectivity index (χ0) is 13.3. The molecule has 0 bridgehead atoms. The van der Waals surface area contributed by atoms with Crippen molar-refractivity contribution >= 4 is 26.0 Å². The van der Waals surface area contributed by atoms with Gasteiger partial charge in [-0.1, -0.05) is 22.0 Å². The molecule has 100 valence electrons. The van der Waals surface area contributed by atoms with Gasteiger partial charge in [-0.25, -0.2) is 8.42 Å². The lowest BCUT2D eigenvalue weighted by atomic mass is 10.2. The molecule has 2 rings (SSSR count). The zero-order valence-corrected chi connectivity index (χ0v) is 12.7. The average Bonchev–Trinajstić information content (AvgIpc) is 2.32. The first kappa shape index (κ1) is 14.0. The van der Waals surface area contributed by atoms with Crippen molar-refractivity contribution in [2.24, 2.45) is 0 Å². The second-order valence-electron chi connectivity index (χ2n) is 4.53. The maximum absolute atomic E-state index is 12.5. The first-order valence-electron chi connectivity index (χ1n) is 5.80. The Balaban J connectivity index is 2.35. The molecular weight excluding hydrogens is 318 g/mol. The van der Waals surface area contributed by atoms with Crippen LogP contribution in [-0.2, 0) is 14.8 Å². The van der Waals surface area contributed by atoms with Gasteiger partial charge >= 0.3 is 0 Å². The molecule has 1 aliphatic rings. The van der Waals surface area contributed by atoms with Crippen LogP contribution in [0.25, 0.3) is 0 Å². The molecule has 0 N–H and O–H groups in total. The summed E-state index contributed by atoms with van der Waals surface area (Å²) < 4.78 is 32.8. The van der Waals surface area contributed by atoms with Crippen LogP contribution < -0.4 is 0 Å². The highest BCUT2D eigenvalue weighted by Crippen LogP contribution is 2.24. The van der Waals surface area contributed by atoms with Gasteiger partial charge in [-0.05, 0) is 32.0 Å². The number of halogens is 1. The van der Waals surface area contributed by atoms with Crippen molar-refractivity contribution in [3.05, 3.63) is 28.7 Å². The third kappa shape index (κ3) is 2.77. The van der Waals surface area contributed by atoms with Crippen LogP contribution in [0, 0.1) is 0 Å². The highest BCUT2D eigenvalue weighted by atomic mass is 79.9. The van der Waals surface area contributed by atoms with Crippen molar-refractivity contribution in [1.82, 2.24) is 4.31 Å². The number of ether oxygens (including phenoxy) is 1. The van der Waals surface area contributed by atoms with Gasteiger partial charge in [0.25, 0.3) is 0 Å². The number of rotatable bonds is 2. The van der Waals surface area contributed by atoms with Crippen molar-refractivity contribution in [2.45, 2.75) is 30.9 Å². The minimum Gasteiger partial charge on any atom is -0.375 e. The zero-order valence-electron chi connectivity index (χ0n) is 10.3. The smallest absolute Gasteiger partial charge is 0.243 e. The van der Waals surface area contributed by atoms with Crippen molar-refractivity contribution in [2.75, 3.05) is 13.2 Å². The summed E-state index contributed by atoms with van der Waals surface area (Å²) in [6.07, 6.45) is -0.0665. The summed E-state index contributed by atoms with van der Waals surface area (Å²) in [6.45, 7) is 4.58. The van der Waals surface area contributed by atoms with Gasteiger partial charge < -0.3 is 4.74 Å². The summed E-state index contributed by atoms with van der Waals surface area (Å²) >= 11 is 3.30. The van der Waals surface area contributed by atoms with E-state index in [0.29, 0.717) is 18.0 Å². The first-order chi connectivity index (χ1) is 8.41. The number of nitrogens with zero attached hydrogens (tertiary/aromatic N) is 1. The third-order valence-corrected chi connectivity index (χ3v) is 5.42. The Labute approximate surface area is 116 Å². The highest BCUT2D eigenvalue weighted by molar-refractivity contribution is 9.10. The molecule has 0 aliphatic carbocycles. The molecule has 2 unspecified atom stereocenters. The Morgan fingerprint density at radius 3 is 2.78 bits per heavy atom. The molecule has 6 heteroatoms. The molecule has 4 nitrogen and oxygen atoms in total. The van der Waals surface area contributed by atoms with Crippen LogP contribution in [0.2, 0.25) is 0 Å². The van der Waals surface area contributed by atoms with Gasteiger partial charge in [0.15, 0.2) is 0 Å². The van der Waals surface area contributed by atoms with Crippen molar-refractivity contribution < 1.29 is 13.2 Å². The molecule has 0 spiro atoms. The van der Waals surface area contributed by atoms with Gasteiger partial charge in [0.2, 0.25) is 10.0 Å². The number of hydrogen-bond acceptors (Lipinski definition) is 3. The number of benzene rings is 1. The van der Waals surface area contributed by atoms with E-state index in [2.05, 4.69) is 15.9 Å². The summed E-state index contributed by atoms with van der Waals surface area (Å²) in [5.74, 6) is 0. The van der Waals surface area contributed by atoms with Crippen LogP contribution >= 0.6 is 15.9 Å². The van der Waals surface area contributed by atoms with Gasteiger partial charge in [0.1, 0.15) is 0 Å². The second-order valence-corrected chi connectivity index (χ2v) is 7.33. The molecule has 0 radical (unpaired) electrons. The van der Waals surface area contributed by atoms with Crippen molar-refractivity contribution in [3.8, 4) is 0 Å². The summed E-state index contributed by atoms with van der Waals surface area (Å²) in [5.41, 5.74) is 0. The van der Waals surface area contributed by atoms with E-state index in [4.69, 9.17) is 4.74 Å². The Hall–Kier alpha value is -0.430. The predicted octanol–water partition coefficient (Wildman–Crippen LogP) is 2.25. The van der Waals surface area contributed by atoms with E-state index in [-0.39, 0.29) is 12.1 Å². The van der Waals surface area contributed by atoms with Gasteiger partial charge in [-0.2, -0.15) is 4.31 Å². The Morgan fingerprint density at radius 1 is 1.39 bits per heavy atom. The van der Waals surface area contributed by atoms with Crippen molar-refractivity contribution in [3.63, 3.8) is 0 Å². The Morgan fingerprint density at radius 2 is 2.11 bits per heavy atom. The van der Waals surface area contributed by atoms with Crippen LogP contribution in [-0.4, -0.2) is 38.0 Å². The molecule has 1 heterocycles. The fourth-order valence-electron chi connectivity index (χ4n) is 1.97. The summed E-state index contributed by atoms with van der Waals surface area (Å²) in [5, 5.41) is 0. The molecule has 0 amide bonds. The molecule has 0 saturated carbocycles. The molecule has 1 aromatic rings. The van der Waals surface area contributed by atoms with Gasteiger partial charge in [-0.3, -0.25) is 0 Å². The quantitative estimate of drug-likeness (QED) is 0.833. The van der Waals surface area contributed by atoms with Crippen LogP contribution in [0.4, 0.5) is 0 Å². The third-order valence-electron chi connectivity index (χ3n) is 2.95. The molecule has 1 saturated heterocycles. The molecule has 0 aromatic heterocycles. The van der Waals surface area contributed by atoms with Gasteiger partial charge in [0, 0.05) is 17.1 Å². The first-order valence-corrected chi connectivity index (χ1v) is 8.03. The molecule has 18 heavy (non-hydrogen) atoms. The lowest BCUT2D eigenvalue weighted by molar-refractivity contribution is -0.0170. The minimum atomic E-state index is -3.44. The number of sulfonamides is 1. The van der Waals surface area contributed by atoms with E-state index >= 15 is 0 Å². The number of hydrogen-bond donors (Lipinski definition) is 0. The lowest BCUT2D eigenvalue weighted by Crippen LogP contribution is -2.50. The molecule has 2 atom stereocenters. The van der Waals surface area contributed by atoms with Crippen LogP contribution in [0.3, 0.4) is 0 Å². The lowest BCUT2D eigenvalue weighted by Gasteiger charge is -2.35. The fourth-order valence-corrected chi connectivity index (χ4v) is 4.26. The van der Waals surface area contributed by atoms with Crippen molar-refractivity contribution in [1.29, 1.82) is 0 Å². The van der Waals surface area contributed by atoms with E-state index in [1.165, 1.54) is 4.31 Å². The molecule has 1 aromatic carbocycles. The fraction of sp³-hybridized carbons (Fsp3) is 0.500. The molecule has 1 aliphatic heterocycles. The highest BCUT2D eigenvalue weighted by Gasteiger charge is 2.34. The molecule has 1 fully saturated rings. The summed E-state index contributed by atoms with van der Waals surface area (Å²) in [6, 6.07) is 6.65. The van der Waals surface area contributed by atoms with Crippen LogP contribution in [0.5, 0.6) is 0 Å². The Kier molecular flexibility index (Phi) is 4.11. The van der Waals surface area contributed by atoms with E-state index in [0.717, 1.165) is 4.47 Å². The van der Waals surface area contributed by atoms with E-state index in [1.807, 2.05) is 19.9 Å². The minimum absolute atomic E-state index is 0.0665. The summed E-state index contributed by atoms with van der Waals surface area (Å²) in [4.78, 5) is 0.317. The maximum Gasteiger partial charge on any atom is 0.243 e. The van der Waals surface area contributed by atoms with Gasteiger partial charge in [-0.15, -0.1) is 0 Å². The number of morpholine rings is 1. The standard InChI is InChI=1S/C12H16BrNO3S/c1-9-8-17-10(2)7-14(9)18(15,16)12-5-3-4-11(13)6-12/h3-6,9-10H,7-8H2,1-2H3. The largest absolute Gasteiger partial charge is 0.375 e. The van der Waals surface area contributed by atoms with Gasteiger partial charge in [0.05, 0.1) is 17.6 Å². The van der Waals surface area contributed by atoms with Crippen LogP contribution in [0.15, 0.2) is 33.6 Å².